The Kier molecular flexibility index (Phi) is 6.16. The molecule has 0 aromatic heterocycles. The second-order valence-corrected chi connectivity index (χ2v) is 5.60. The van der Waals surface area contributed by atoms with Gasteiger partial charge in [-0.3, -0.25) is 4.79 Å². The van der Waals surface area contributed by atoms with Gasteiger partial charge in [0.2, 0.25) is 5.91 Å². The number of methoxy groups -OCH3 is 1. The number of hydrogen-bond donors (Lipinski definition) is 1. The molecule has 1 amide bonds. The minimum absolute atomic E-state index is 0.0618. The summed E-state index contributed by atoms with van der Waals surface area (Å²) in [6.45, 7) is 0.673. The number of carbonyl (C=O) groups excluding carboxylic acids is 1. The van der Waals surface area contributed by atoms with Crippen LogP contribution >= 0.6 is 11.8 Å². The van der Waals surface area contributed by atoms with Crippen molar-refractivity contribution in [1.82, 2.24) is 5.32 Å². The van der Waals surface area contributed by atoms with Crippen LogP contribution in [0.4, 0.5) is 0 Å². The molecular weight excluding hydrogens is 282 g/mol. The molecule has 0 heterocycles. The topological polar surface area (TPSA) is 38.3 Å². The van der Waals surface area contributed by atoms with Gasteiger partial charge in [-0.05, 0) is 36.2 Å². The Morgan fingerprint density at radius 1 is 1.10 bits per heavy atom. The normalized spacial score (nSPS) is 10.1. The zero-order valence-electron chi connectivity index (χ0n) is 12.0. The monoisotopic (exact) mass is 301 g/mol. The van der Waals surface area contributed by atoms with Crippen molar-refractivity contribution in [3.8, 4) is 5.75 Å². The summed E-state index contributed by atoms with van der Waals surface area (Å²) in [6, 6.07) is 17.9. The molecule has 0 saturated carbocycles. The summed E-state index contributed by atoms with van der Waals surface area (Å²) in [7, 11) is 1.64. The van der Waals surface area contributed by atoms with E-state index < -0.39 is 0 Å². The van der Waals surface area contributed by atoms with Crippen molar-refractivity contribution in [1.29, 1.82) is 0 Å². The molecule has 0 bridgehead atoms. The maximum absolute atomic E-state index is 11.8. The van der Waals surface area contributed by atoms with E-state index in [0.29, 0.717) is 12.3 Å². The largest absolute Gasteiger partial charge is 0.497 e. The van der Waals surface area contributed by atoms with Crippen molar-refractivity contribution in [3.05, 3.63) is 60.2 Å². The van der Waals surface area contributed by atoms with Crippen LogP contribution in [-0.2, 0) is 11.2 Å². The molecule has 3 nitrogen and oxygen atoms in total. The van der Waals surface area contributed by atoms with Gasteiger partial charge < -0.3 is 10.1 Å². The van der Waals surface area contributed by atoms with Gasteiger partial charge in [0.15, 0.2) is 0 Å². The molecule has 110 valence electrons. The van der Waals surface area contributed by atoms with E-state index in [-0.39, 0.29) is 5.91 Å². The summed E-state index contributed by atoms with van der Waals surface area (Å²) in [6.07, 6.45) is 0.861. The summed E-state index contributed by atoms with van der Waals surface area (Å²) in [5, 5.41) is 2.94. The van der Waals surface area contributed by atoms with Gasteiger partial charge in [0, 0.05) is 11.4 Å². The first-order valence-electron chi connectivity index (χ1n) is 6.85. The van der Waals surface area contributed by atoms with Gasteiger partial charge in [-0.1, -0.05) is 30.3 Å². The molecule has 0 aliphatic carbocycles. The number of ether oxygens (including phenoxy) is 1. The molecule has 2 aromatic carbocycles. The van der Waals surface area contributed by atoms with E-state index in [1.54, 1.807) is 7.11 Å². The van der Waals surface area contributed by atoms with Gasteiger partial charge in [-0.15, -0.1) is 11.8 Å². The average molecular weight is 301 g/mol. The number of amides is 1. The Balaban J connectivity index is 1.67. The highest BCUT2D eigenvalue weighted by Crippen LogP contribution is 2.20. The Morgan fingerprint density at radius 2 is 1.81 bits per heavy atom. The van der Waals surface area contributed by atoms with E-state index in [2.05, 4.69) is 17.4 Å². The lowest BCUT2D eigenvalue weighted by Crippen LogP contribution is -2.27. The molecule has 0 radical (unpaired) electrons. The van der Waals surface area contributed by atoms with Crippen LogP contribution in [-0.4, -0.2) is 25.3 Å². The maximum Gasteiger partial charge on any atom is 0.230 e. The number of rotatable bonds is 7. The highest BCUT2D eigenvalue weighted by molar-refractivity contribution is 8.00. The highest BCUT2D eigenvalue weighted by Gasteiger charge is 2.03. The first-order valence-corrected chi connectivity index (χ1v) is 7.84. The standard InChI is InChI=1S/C17H19NO2S/c1-20-15-7-9-16(10-8-15)21-13-17(19)18-12-11-14-5-3-2-4-6-14/h2-10H,11-13H2,1H3,(H,18,19). The molecule has 0 fully saturated rings. The SMILES string of the molecule is COc1ccc(SCC(=O)NCCc2ccccc2)cc1. The Morgan fingerprint density at radius 3 is 2.48 bits per heavy atom. The van der Waals surface area contributed by atoms with E-state index in [9.17, 15) is 4.79 Å². The zero-order chi connectivity index (χ0) is 14.9. The average Bonchev–Trinajstić information content (AvgIpc) is 2.54. The predicted molar refractivity (Wildman–Crippen MR) is 86.9 cm³/mol. The number of carbonyl (C=O) groups is 1. The Labute approximate surface area is 129 Å². The fourth-order valence-corrected chi connectivity index (χ4v) is 2.59. The smallest absolute Gasteiger partial charge is 0.230 e. The first-order chi connectivity index (χ1) is 10.3. The summed E-state index contributed by atoms with van der Waals surface area (Å²) < 4.78 is 5.10. The van der Waals surface area contributed by atoms with Crippen LogP contribution in [0.2, 0.25) is 0 Å². The fourth-order valence-electron chi connectivity index (χ4n) is 1.86. The van der Waals surface area contributed by atoms with Crippen LogP contribution in [0.5, 0.6) is 5.75 Å². The third-order valence-corrected chi connectivity index (χ3v) is 4.02. The highest BCUT2D eigenvalue weighted by atomic mass is 32.2. The lowest BCUT2D eigenvalue weighted by molar-refractivity contribution is -0.118. The molecule has 0 spiro atoms. The number of hydrogen-bond acceptors (Lipinski definition) is 3. The number of benzene rings is 2. The lowest BCUT2D eigenvalue weighted by atomic mass is 10.1. The minimum atomic E-state index is 0.0618. The molecular formula is C17H19NO2S. The van der Waals surface area contributed by atoms with Crippen LogP contribution in [0.25, 0.3) is 0 Å². The van der Waals surface area contributed by atoms with Crippen molar-refractivity contribution in [2.75, 3.05) is 19.4 Å². The molecule has 0 unspecified atom stereocenters. The maximum atomic E-state index is 11.8. The van der Waals surface area contributed by atoms with Gasteiger partial charge in [-0.25, -0.2) is 0 Å². The fraction of sp³-hybridized carbons (Fsp3) is 0.235. The van der Waals surface area contributed by atoms with E-state index in [1.165, 1.54) is 17.3 Å². The van der Waals surface area contributed by atoms with Crippen molar-refractivity contribution < 1.29 is 9.53 Å². The lowest BCUT2D eigenvalue weighted by Gasteiger charge is -2.06. The predicted octanol–water partition coefficient (Wildman–Crippen LogP) is 3.15. The van der Waals surface area contributed by atoms with Crippen molar-refractivity contribution >= 4 is 17.7 Å². The van der Waals surface area contributed by atoms with Crippen LogP contribution in [0.3, 0.4) is 0 Å². The molecule has 0 saturated heterocycles. The summed E-state index contributed by atoms with van der Waals surface area (Å²) in [5.74, 6) is 1.32. The molecule has 1 N–H and O–H groups in total. The zero-order valence-corrected chi connectivity index (χ0v) is 12.9. The molecule has 2 rings (SSSR count). The van der Waals surface area contributed by atoms with Crippen LogP contribution in [0.15, 0.2) is 59.5 Å². The number of nitrogens with one attached hydrogen (secondary N) is 1. The third kappa shape index (κ3) is 5.52. The van der Waals surface area contributed by atoms with Crippen LogP contribution in [0, 0.1) is 0 Å². The van der Waals surface area contributed by atoms with Crippen molar-refractivity contribution in [2.24, 2.45) is 0 Å². The van der Waals surface area contributed by atoms with Gasteiger partial charge in [0.25, 0.3) is 0 Å². The molecule has 0 aliphatic rings. The van der Waals surface area contributed by atoms with Gasteiger partial charge in [0.1, 0.15) is 5.75 Å². The molecule has 21 heavy (non-hydrogen) atoms. The van der Waals surface area contributed by atoms with Crippen LogP contribution in [0.1, 0.15) is 5.56 Å². The first kappa shape index (κ1) is 15.4. The summed E-state index contributed by atoms with van der Waals surface area (Å²) >= 11 is 1.53. The van der Waals surface area contributed by atoms with Crippen LogP contribution < -0.4 is 10.1 Å². The quantitative estimate of drug-likeness (QED) is 0.798. The van der Waals surface area contributed by atoms with E-state index in [1.807, 2.05) is 42.5 Å². The summed E-state index contributed by atoms with van der Waals surface area (Å²) in [5.41, 5.74) is 1.24. The van der Waals surface area contributed by atoms with E-state index in [4.69, 9.17) is 4.74 Å². The van der Waals surface area contributed by atoms with Gasteiger partial charge in [0.05, 0.1) is 12.9 Å². The van der Waals surface area contributed by atoms with Gasteiger partial charge in [-0.2, -0.15) is 0 Å². The van der Waals surface area contributed by atoms with Crippen molar-refractivity contribution in [2.45, 2.75) is 11.3 Å². The summed E-state index contributed by atoms with van der Waals surface area (Å²) in [4.78, 5) is 12.8. The second-order valence-electron chi connectivity index (χ2n) is 4.55. The molecule has 2 aromatic rings. The van der Waals surface area contributed by atoms with E-state index >= 15 is 0 Å². The minimum Gasteiger partial charge on any atom is -0.497 e. The number of thioether (sulfide) groups is 1. The van der Waals surface area contributed by atoms with Crippen molar-refractivity contribution in [3.63, 3.8) is 0 Å². The molecule has 0 atom stereocenters. The second kappa shape index (κ2) is 8.37. The third-order valence-electron chi connectivity index (χ3n) is 3.01. The Bertz CT molecular complexity index is 555. The molecule has 0 aliphatic heterocycles. The molecule has 4 heteroatoms. The van der Waals surface area contributed by atoms with Gasteiger partial charge >= 0.3 is 0 Å². The van der Waals surface area contributed by atoms with E-state index in [0.717, 1.165) is 17.1 Å². The Hall–Kier alpha value is -1.94.